The minimum atomic E-state index is -2.96. The predicted octanol–water partition coefficient (Wildman–Crippen LogP) is 1.49. The summed E-state index contributed by atoms with van der Waals surface area (Å²) in [5.74, 6) is 0.436. The molecule has 0 fully saturated rings. The number of hydrogen-bond donors (Lipinski definition) is 0. The van der Waals surface area contributed by atoms with Crippen LogP contribution in [-0.2, 0) is 19.4 Å². The molecule has 0 aliphatic heterocycles. The summed E-state index contributed by atoms with van der Waals surface area (Å²) in [5, 5.41) is -0.237. The summed E-state index contributed by atoms with van der Waals surface area (Å²) >= 11 is 1.48. The molecule has 1 unspecified atom stereocenters. The normalized spacial score (nSPS) is 13.8. The van der Waals surface area contributed by atoms with Crippen LogP contribution in [0.3, 0.4) is 0 Å². The van der Waals surface area contributed by atoms with Crippen LogP contribution in [0.25, 0.3) is 0 Å². The second-order valence-corrected chi connectivity index (χ2v) is 8.10. The number of rotatable bonds is 7. The molecule has 0 bridgehead atoms. The number of carbonyl (C=O) groups is 1. The average molecular weight is 268 g/mol. The zero-order chi connectivity index (χ0) is 12.8. The van der Waals surface area contributed by atoms with E-state index in [-0.39, 0.29) is 22.2 Å². The van der Waals surface area contributed by atoms with Gasteiger partial charge in [0, 0.05) is 11.0 Å². The number of sulfone groups is 1. The summed E-state index contributed by atoms with van der Waals surface area (Å²) in [6.45, 7) is 5.25. The van der Waals surface area contributed by atoms with Gasteiger partial charge in [0.05, 0.1) is 24.5 Å². The van der Waals surface area contributed by atoms with Gasteiger partial charge in [-0.15, -0.1) is 0 Å². The van der Waals surface area contributed by atoms with Crippen LogP contribution in [0.1, 0.15) is 27.2 Å². The quantitative estimate of drug-likeness (QED) is 0.655. The Balaban J connectivity index is 3.87. The average Bonchev–Trinajstić information content (AvgIpc) is 2.16. The molecule has 0 rings (SSSR count). The van der Waals surface area contributed by atoms with Crippen molar-refractivity contribution >= 4 is 27.6 Å². The third-order valence-corrected chi connectivity index (χ3v) is 5.81. The molecule has 6 heteroatoms. The first-order valence-electron chi connectivity index (χ1n) is 5.19. The molecule has 1 atom stereocenters. The molecule has 0 N–H and O–H groups in total. The van der Waals surface area contributed by atoms with Crippen molar-refractivity contribution in [2.75, 3.05) is 18.6 Å². The Kier molecular flexibility index (Phi) is 7.06. The maximum atomic E-state index is 11.5. The van der Waals surface area contributed by atoms with Crippen molar-refractivity contribution in [3.8, 4) is 0 Å². The third kappa shape index (κ3) is 6.37. The lowest BCUT2D eigenvalue weighted by atomic mass is 10.3. The first-order chi connectivity index (χ1) is 7.29. The van der Waals surface area contributed by atoms with Crippen molar-refractivity contribution in [1.82, 2.24) is 0 Å². The lowest BCUT2D eigenvalue weighted by molar-refractivity contribution is -0.140. The lowest BCUT2D eigenvalue weighted by Crippen LogP contribution is -2.20. The fourth-order valence-corrected chi connectivity index (χ4v) is 3.42. The van der Waals surface area contributed by atoms with Gasteiger partial charge in [-0.1, -0.05) is 6.92 Å². The van der Waals surface area contributed by atoms with E-state index in [1.54, 1.807) is 13.8 Å². The maximum Gasteiger partial charge on any atom is 0.306 e. The minimum Gasteiger partial charge on any atom is -0.469 e. The highest BCUT2D eigenvalue weighted by Crippen LogP contribution is 2.15. The van der Waals surface area contributed by atoms with Crippen LogP contribution in [0.2, 0.25) is 0 Å². The molecule has 0 radical (unpaired) electrons. The Bertz CT molecular complexity index is 309. The van der Waals surface area contributed by atoms with E-state index in [9.17, 15) is 13.2 Å². The number of hydrogen-bond acceptors (Lipinski definition) is 5. The van der Waals surface area contributed by atoms with Crippen LogP contribution in [0.5, 0.6) is 0 Å². The number of esters is 1. The minimum absolute atomic E-state index is 0.0924. The summed E-state index contributed by atoms with van der Waals surface area (Å²) in [5.41, 5.74) is 0. The van der Waals surface area contributed by atoms with Crippen molar-refractivity contribution in [3.05, 3.63) is 0 Å². The second-order valence-electron chi connectivity index (χ2n) is 3.88. The highest BCUT2D eigenvalue weighted by Gasteiger charge is 2.17. The maximum absolute atomic E-state index is 11.5. The van der Waals surface area contributed by atoms with Gasteiger partial charge in [0.25, 0.3) is 0 Å². The Morgan fingerprint density at radius 1 is 1.31 bits per heavy atom. The number of thioether (sulfide) groups is 1. The molecule has 96 valence electrons. The molecule has 0 aliphatic rings. The Hall–Kier alpha value is -0.230. The molecule has 0 amide bonds. The van der Waals surface area contributed by atoms with E-state index in [1.165, 1.54) is 18.9 Å². The van der Waals surface area contributed by atoms with E-state index in [1.807, 2.05) is 6.92 Å². The summed E-state index contributed by atoms with van der Waals surface area (Å²) < 4.78 is 27.5. The van der Waals surface area contributed by atoms with Gasteiger partial charge in [0.2, 0.25) is 0 Å². The highest BCUT2D eigenvalue weighted by atomic mass is 32.2. The molecule has 0 spiro atoms. The largest absolute Gasteiger partial charge is 0.469 e. The van der Waals surface area contributed by atoms with Crippen LogP contribution < -0.4 is 0 Å². The summed E-state index contributed by atoms with van der Waals surface area (Å²) in [4.78, 5) is 10.9. The smallest absolute Gasteiger partial charge is 0.306 e. The SMILES string of the molecule is COC(=O)CC(C)SCCS(=O)(=O)C(C)C. The van der Waals surface area contributed by atoms with Crippen molar-refractivity contribution in [1.29, 1.82) is 0 Å². The van der Waals surface area contributed by atoms with Gasteiger partial charge >= 0.3 is 5.97 Å². The van der Waals surface area contributed by atoms with E-state index in [4.69, 9.17) is 0 Å². The molecule has 0 aromatic carbocycles. The summed E-state index contributed by atoms with van der Waals surface area (Å²) in [6.07, 6.45) is 0.322. The van der Waals surface area contributed by atoms with Crippen molar-refractivity contribution in [3.63, 3.8) is 0 Å². The summed E-state index contributed by atoms with van der Waals surface area (Å²) in [7, 11) is -1.61. The molecule has 0 saturated carbocycles. The van der Waals surface area contributed by atoms with E-state index in [0.717, 1.165) is 0 Å². The Morgan fingerprint density at radius 2 is 1.88 bits per heavy atom. The fraction of sp³-hybridized carbons (Fsp3) is 0.900. The standard InChI is InChI=1S/C10H20O4S2/c1-8(2)16(12,13)6-5-15-9(3)7-10(11)14-4/h8-9H,5-7H2,1-4H3. The first kappa shape index (κ1) is 15.8. The van der Waals surface area contributed by atoms with E-state index in [0.29, 0.717) is 12.2 Å². The Morgan fingerprint density at radius 3 is 2.31 bits per heavy atom. The zero-order valence-corrected chi connectivity index (χ0v) is 11.9. The van der Waals surface area contributed by atoms with Crippen LogP contribution in [-0.4, -0.2) is 43.5 Å². The van der Waals surface area contributed by atoms with Crippen LogP contribution in [0.4, 0.5) is 0 Å². The van der Waals surface area contributed by atoms with Crippen molar-refractivity contribution < 1.29 is 17.9 Å². The van der Waals surface area contributed by atoms with Gasteiger partial charge in [-0.2, -0.15) is 11.8 Å². The lowest BCUT2D eigenvalue weighted by Gasteiger charge is -2.11. The molecule has 0 saturated heterocycles. The highest BCUT2D eigenvalue weighted by molar-refractivity contribution is 8.01. The monoisotopic (exact) mass is 268 g/mol. The molecule has 0 aromatic heterocycles. The second kappa shape index (κ2) is 7.17. The fourth-order valence-electron chi connectivity index (χ4n) is 0.978. The van der Waals surface area contributed by atoms with Crippen LogP contribution >= 0.6 is 11.8 Å². The molecular weight excluding hydrogens is 248 g/mol. The molecule has 0 aliphatic carbocycles. The van der Waals surface area contributed by atoms with Gasteiger partial charge in [0.1, 0.15) is 0 Å². The molecular formula is C10H20O4S2. The molecule has 0 aromatic rings. The topological polar surface area (TPSA) is 60.4 Å². The van der Waals surface area contributed by atoms with Gasteiger partial charge in [-0.05, 0) is 13.8 Å². The van der Waals surface area contributed by atoms with Gasteiger partial charge < -0.3 is 4.74 Å². The van der Waals surface area contributed by atoms with E-state index < -0.39 is 9.84 Å². The van der Waals surface area contributed by atoms with Gasteiger partial charge in [0.15, 0.2) is 9.84 Å². The summed E-state index contributed by atoms with van der Waals surface area (Å²) in [6, 6.07) is 0. The zero-order valence-electron chi connectivity index (χ0n) is 10.2. The number of carbonyl (C=O) groups excluding carboxylic acids is 1. The number of methoxy groups -OCH3 is 1. The van der Waals surface area contributed by atoms with E-state index >= 15 is 0 Å². The third-order valence-electron chi connectivity index (χ3n) is 2.17. The molecule has 16 heavy (non-hydrogen) atoms. The van der Waals surface area contributed by atoms with Crippen LogP contribution in [0.15, 0.2) is 0 Å². The van der Waals surface area contributed by atoms with Crippen molar-refractivity contribution in [2.45, 2.75) is 37.7 Å². The number of ether oxygens (including phenoxy) is 1. The van der Waals surface area contributed by atoms with Gasteiger partial charge in [-0.25, -0.2) is 8.42 Å². The van der Waals surface area contributed by atoms with Gasteiger partial charge in [-0.3, -0.25) is 4.79 Å². The first-order valence-corrected chi connectivity index (χ1v) is 7.96. The van der Waals surface area contributed by atoms with E-state index in [2.05, 4.69) is 4.74 Å². The predicted molar refractivity (Wildman–Crippen MR) is 67.5 cm³/mol. The molecule has 4 nitrogen and oxygen atoms in total. The Labute approximate surface area is 102 Å². The molecule has 0 heterocycles. The van der Waals surface area contributed by atoms with Crippen molar-refractivity contribution in [2.24, 2.45) is 0 Å². The van der Waals surface area contributed by atoms with Crippen LogP contribution in [0, 0.1) is 0 Å².